The van der Waals surface area contributed by atoms with Gasteiger partial charge in [0.1, 0.15) is 5.75 Å². The number of hydrogen-bond donors (Lipinski definition) is 1. The average Bonchev–Trinajstić information content (AvgIpc) is 3.24. The second-order valence-corrected chi connectivity index (χ2v) is 5.75. The number of aliphatic hydroxyl groups is 1. The molecule has 1 aromatic carbocycles. The van der Waals surface area contributed by atoms with Crippen molar-refractivity contribution in [1.29, 1.82) is 0 Å². The van der Waals surface area contributed by atoms with Crippen LogP contribution in [-0.2, 0) is 4.79 Å². The van der Waals surface area contributed by atoms with Crippen molar-refractivity contribution in [2.45, 2.75) is 19.4 Å². The summed E-state index contributed by atoms with van der Waals surface area (Å²) in [6.07, 6.45) is 2.08. The standard InChI is InChI=1S/C19H19NO5/c1-3-9-20-16(12-6-4-7-13(11-12)24-2)15(18(22)19(20)23)17(21)14-8-5-10-25-14/h4-8,10-11,16,22H,3,9H2,1-2H3. The number of Topliss-reactive ketones (excluding diaryl/α,β-unsaturated/α-hetero) is 1. The lowest BCUT2D eigenvalue weighted by atomic mass is 9.95. The van der Waals surface area contributed by atoms with Crippen molar-refractivity contribution in [3.8, 4) is 5.75 Å². The van der Waals surface area contributed by atoms with E-state index < -0.39 is 23.5 Å². The summed E-state index contributed by atoms with van der Waals surface area (Å²) >= 11 is 0. The van der Waals surface area contributed by atoms with E-state index in [2.05, 4.69) is 0 Å². The summed E-state index contributed by atoms with van der Waals surface area (Å²) < 4.78 is 10.4. The monoisotopic (exact) mass is 341 g/mol. The van der Waals surface area contributed by atoms with E-state index in [1.807, 2.05) is 6.92 Å². The molecule has 0 radical (unpaired) electrons. The van der Waals surface area contributed by atoms with Crippen LogP contribution in [0.4, 0.5) is 0 Å². The molecule has 1 aliphatic rings. The summed E-state index contributed by atoms with van der Waals surface area (Å²) in [6, 6.07) is 9.55. The molecule has 1 N–H and O–H groups in total. The van der Waals surface area contributed by atoms with Gasteiger partial charge in [0.25, 0.3) is 5.91 Å². The molecule has 2 heterocycles. The fourth-order valence-corrected chi connectivity index (χ4v) is 3.06. The molecule has 6 heteroatoms. The Labute approximate surface area is 145 Å². The molecule has 1 unspecified atom stereocenters. The third-order valence-electron chi connectivity index (χ3n) is 4.17. The molecule has 25 heavy (non-hydrogen) atoms. The number of furan rings is 1. The highest BCUT2D eigenvalue weighted by Gasteiger charge is 2.44. The van der Waals surface area contributed by atoms with Crippen LogP contribution >= 0.6 is 0 Å². The van der Waals surface area contributed by atoms with Crippen molar-refractivity contribution < 1.29 is 23.8 Å². The molecule has 0 bridgehead atoms. The Morgan fingerprint density at radius 1 is 1.32 bits per heavy atom. The van der Waals surface area contributed by atoms with Gasteiger partial charge in [0.15, 0.2) is 11.5 Å². The predicted octanol–water partition coefficient (Wildman–Crippen LogP) is 3.28. The minimum Gasteiger partial charge on any atom is -0.503 e. The summed E-state index contributed by atoms with van der Waals surface area (Å²) in [5.41, 5.74) is 0.724. The molecule has 1 aliphatic heterocycles. The molecule has 6 nitrogen and oxygen atoms in total. The Balaban J connectivity index is 2.11. The van der Waals surface area contributed by atoms with E-state index in [4.69, 9.17) is 9.15 Å². The largest absolute Gasteiger partial charge is 0.503 e. The van der Waals surface area contributed by atoms with Gasteiger partial charge in [0, 0.05) is 6.54 Å². The van der Waals surface area contributed by atoms with Crippen LogP contribution < -0.4 is 4.74 Å². The topological polar surface area (TPSA) is 80.0 Å². The maximum Gasteiger partial charge on any atom is 0.290 e. The van der Waals surface area contributed by atoms with Gasteiger partial charge in [-0.3, -0.25) is 9.59 Å². The molecule has 130 valence electrons. The van der Waals surface area contributed by atoms with Crippen LogP contribution in [0.3, 0.4) is 0 Å². The summed E-state index contributed by atoms with van der Waals surface area (Å²) in [5.74, 6) is -0.882. The number of amides is 1. The molecule has 0 saturated heterocycles. The van der Waals surface area contributed by atoms with Crippen LogP contribution in [-0.4, -0.2) is 35.4 Å². The van der Waals surface area contributed by atoms with Crippen LogP contribution in [0.2, 0.25) is 0 Å². The minimum absolute atomic E-state index is 0.0293. The highest BCUT2D eigenvalue weighted by atomic mass is 16.5. The highest BCUT2D eigenvalue weighted by molar-refractivity contribution is 6.15. The number of carbonyl (C=O) groups is 2. The smallest absolute Gasteiger partial charge is 0.290 e. The number of rotatable bonds is 6. The number of hydrogen-bond acceptors (Lipinski definition) is 5. The van der Waals surface area contributed by atoms with Gasteiger partial charge in [-0.2, -0.15) is 0 Å². The molecular formula is C19H19NO5. The van der Waals surface area contributed by atoms with Gasteiger partial charge >= 0.3 is 0 Å². The number of methoxy groups -OCH3 is 1. The van der Waals surface area contributed by atoms with Crippen molar-refractivity contribution in [2.75, 3.05) is 13.7 Å². The van der Waals surface area contributed by atoms with Gasteiger partial charge in [-0.15, -0.1) is 0 Å². The van der Waals surface area contributed by atoms with Crippen molar-refractivity contribution in [2.24, 2.45) is 0 Å². The number of ketones is 1. The Morgan fingerprint density at radius 3 is 2.76 bits per heavy atom. The number of aliphatic hydroxyl groups excluding tert-OH is 1. The summed E-state index contributed by atoms with van der Waals surface area (Å²) in [5, 5.41) is 10.4. The minimum atomic E-state index is -0.680. The maximum absolute atomic E-state index is 12.8. The molecule has 0 spiro atoms. The number of nitrogens with zero attached hydrogens (tertiary/aromatic N) is 1. The summed E-state index contributed by atoms with van der Waals surface area (Å²) in [4.78, 5) is 26.9. The zero-order valence-electron chi connectivity index (χ0n) is 14.1. The van der Waals surface area contributed by atoms with Crippen LogP contribution in [0.25, 0.3) is 0 Å². The van der Waals surface area contributed by atoms with E-state index in [-0.39, 0.29) is 11.3 Å². The highest BCUT2D eigenvalue weighted by Crippen LogP contribution is 2.39. The molecule has 1 amide bonds. The first-order chi connectivity index (χ1) is 12.1. The van der Waals surface area contributed by atoms with E-state index >= 15 is 0 Å². The first kappa shape index (κ1) is 16.8. The zero-order valence-corrected chi connectivity index (χ0v) is 14.1. The van der Waals surface area contributed by atoms with Crippen molar-refractivity contribution in [1.82, 2.24) is 4.90 Å². The van der Waals surface area contributed by atoms with Gasteiger partial charge in [0.05, 0.1) is 25.0 Å². The first-order valence-electron chi connectivity index (χ1n) is 8.04. The second-order valence-electron chi connectivity index (χ2n) is 5.75. The summed E-state index contributed by atoms with van der Waals surface area (Å²) in [7, 11) is 1.55. The van der Waals surface area contributed by atoms with E-state index in [1.54, 1.807) is 37.4 Å². The molecule has 0 aliphatic carbocycles. The number of benzene rings is 1. The van der Waals surface area contributed by atoms with Crippen LogP contribution in [0, 0.1) is 0 Å². The van der Waals surface area contributed by atoms with Crippen molar-refractivity contribution in [3.63, 3.8) is 0 Å². The Kier molecular flexibility index (Phi) is 4.61. The maximum atomic E-state index is 12.8. The third-order valence-corrected chi connectivity index (χ3v) is 4.17. The lowest BCUT2D eigenvalue weighted by Crippen LogP contribution is -2.31. The van der Waals surface area contributed by atoms with Crippen LogP contribution in [0.15, 0.2) is 58.4 Å². The molecular weight excluding hydrogens is 322 g/mol. The second kappa shape index (κ2) is 6.84. The van der Waals surface area contributed by atoms with E-state index in [1.165, 1.54) is 17.2 Å². The van der Waals surface area contributed by atoms with Gasteiger partial charge in [-0.05, 0) is 36.2 Å². The fraction of sp³-hybridized carbons (Fsp3) is 0.263. The molecule has 1 aromatic heterocycles. The van der Waals surface area contributed by atoms with Crippen molar-refractivity contribution >= 4 is 11.7 Å². The van der Waals surface area contributed by atoms with Gasteiger partial charge in [0.2, 0.25) is 5.78 Å². The lowest BCUT2D eigenvalue weighted by molar-refractivity contribution is -0.129. The molecule has 0 fully saturated rings. The fourth-order valence-electron chi connectivity index (χ4n) is 3.06. The van der Waals surface area contributed by atoms with Gasteiger partial charge in [-0.1, -0.05) is 19.1 Å². The first-order valence-corrected chi connectivity index (χ1v) is 8.04. The SMILES string of the molecule is CCCN1C(=O)C(O)=C(C(=O)c2ccco2)C1c1cccc(OC)c1. The van der Waals surface area contributed by atoms with Gasteiger partial charge in [-0.25, -0.2) is 0 Å². The summed E-state index contributed by atoms with van der Waals surface area (Å²) in [6.45, 7) is 2.35. The molecule has 0 saturated carbocycles. The number of ether oxygens (including phenoxy) is 1. The normalized spacial score (nSPS) is 17.3. The quantitative estimate of drug-likeness (QED) is 0.816. The van der Waals surface area contributed by atoms with Crippen LogP contribution in [0.5, 0.6) is 5.75 Å². The Hall–Kier alpha value is -3.02. The van der Waals surface area contributed by atoms with Crippen molar-refractivity contribution in [3.05, 3.63) is 65.3 Å². The third kappa shape index (κ3) is 2.91. The van der Waals surface area contributed by atoms with E-state index in [0.717, 1.165) is 0 Å². The zero-order chi connectivity index (χ0) is 18.0. The molecule has 1 atom stereocenters. The Morgan fingerprint density at radius 2 is 2.12 bits per heavy atom. The predicted molar refractivity (Wildman–Crippen MR) is 90.4 cm³/mol. The number of carbonyl (C=O) groups excluding carboxylic acids is 2. The van der Waals surface area contributed by atoms with E-state index in [9.17, 15) is 14.7 Å². The molecule has 3 rings (SSSR count). The van der Waals surface area contributed by atoms with Crippen LogP contribution in [0.1, 0.15) is 35.5 Å². The molecule has 2 aromatic rings. The average molecular weight is 341 g/mol. The Bertz CT molecular complexity index is 822. The lowest BCUT2D eigenvalue weighted by Gasteiger charge is -2.26. The van der Waals surface area contributed by atoms with E-state index in [0.29, 0.717) is 24.3 Å². The van der Waals surface area contributed by atoms with Gasteiger partial charge < -0.3 is 19.2 Å².